The lowest BCUT2D eigenvalue weighted by Crippen LogP contribution is -1.89. The highest BCUT2D eigenvalue weighted by atomic mass is 35.5. The molecule has 0 saturated heterocycles. The van der Waals surface area contributed by atoms with Gasteiger partial charge in [-0.15, -0.1) is 0 Å². The zero-order valence-corrected chi connectivity index (χ0v) is 8.28. The number of rotatable bonds is 1. The second kappa shape index (κ2) is 3.28. The quantitative estimate of drug-likeness (QED) is 0.669. The van der Waals surface area contributed by atoms with Gasteiger partial charge in [-0.25, -0.2) is 9.50 Å². The molecule has 2 aromatic rings. The summed E-state index contributed by atoms with van der Waals surface area (Å²) in [7, 11) is 0. The van der Waals surface area contributed by atoms with Crippen LogP contribution in [0.25, 0.3) is 5.65 Å². The van der Waals surface area contributed by atoms with E-state index in [0.29, 0.717) is 22.8 Å². The monoisotopic (exact) mass is 206 g/mol. The minimum Gasteiger partial charge on any atom is -0.221 e. The number of fused-ring (bicyclic) bond motifs is 1. The van der Waals surface area contributed by atoms with Crippen molar-refractivity contribution in [1.29, 1.82) is 5.26 Å². The molecule has 5 heteroatoms. The van der Waals surface area contributed by atoms with Crippen molar-refractivity contribution in [1.82, 2.24) is 14.6 Å². The Kier molecular flexibility index (Phi) is 2.10. The summed E-state index contributed by atoms with van der Waals surface area (Å²) in [5.74, 6) is 0. The van der Waals surface area contributed by atoms with Crippen molar-refractivity contribution in [2.75, 3.05) is 0 Å². The lowest BCUT2D eigenvalue weighted by atomic mass is 10.2. The van der Waals surface area contributed by atoms with E-state index in [-0.39, 0.29) is 0 Å². The van der Waals surface area contributed by atoms with Crippen LogP contribution in [0.4, 0.5) is 0 Å². The van der Waals surface area contributed by atoms with E-state index in [9.17, 15) is 0 Å². The zero-order valence-electron chi connectivity index (χ0n) is 7.53. The predicted octanol–water partition coefficient (Wildman–Crippen LogP) is 1.82. The second-order valence-corrected chi connectivity index (χ2v) is 3.19. The van der Waals surface area contributed by atoms with Gasteiger partial charge in [-0.2, -0.15) is 10.4 Å². The maximum Gasteiger partial charge on any atom is 0.174 e. The normalized spacial score (nSPS) is 10.4. The van der Waals surface area contributed by atoms with Crippen molar-refractivity contribution >= 4 is 17.2 Å². The lowest BCUT2D eigenvalue weighted by molar-refractivity contribution is 0.886. The van der Waals surface area contributed by atoms with Crippen LogP contribution in [0.2, 0.25) is 5.15 Å². The van der Waals surface area contributed by atoms with Crippen LogP contribution in [0.1, 0.15) is 18.2 Å². The van der Waals surface area contributed by atoms with Crippen molar-refractivity contribution < 1.29 is 0 Å². The Bertz CT molecular complexity index is 523. The summed E-state index contributed by atoms with van der Waals surface area (Å²) in [4.78, 5) is 4.06. The number of aryl methyl sites for hydroxylation is 1. The molecule has 4 nitrogen and oxygen atoms in total. The Balaban J connectivity index is 2.83. The molecule has 0 aromatic carbocycles. The maximum atomic E-state index is 8.94. The summed E-state index contributed by atoms with van der Waals surface area (Å²) in [6.45, 7) is 1.95. The van der Waals surface area contributed by atoms with Gasteiger partial charge < -0.3 is 0 Å². The highest BCUT2D eigenvalue weighted by molar-refractivity contribution is 6.29. The van der Waals surface area contributed by atoms with Gasteiger partial charge in [0.15, 0.2) is 5.65 Å². The Morgan fingerprint density at radius 2 is 2.43 bits per heavy atom. The molecule has 0 fully saturated rings. The average Bonchev–Trinajstić information content (AvgIpc) is 2.54. The fourth-order valence-electron chi connectivity index (χ4n) is 1.31. The summed E-state index contributed by atoms with van der Waals surface area (Å²) in [5, 5.41) is 13.5. The summed E-state index contributed by atoms with van der Waals surface area (Å²) in [6.07, 6.45) is 2.41. The third-order valence-electron chi connectivity index (χ3n) is 1.97. The highest BCUT2D eigenvalue weighted by Crippen LogP contribution is 2.15. The second-order valence-electron chi connectivity index (χ2n) is 2.81. The molecule has 0 aliphatic carbocycles. The third-order valence-corrected chi connectivity index (χ3v) is 2.18. The van der Waals surface area contributed by atoms with E-state index in [1.807, 2.05) is 6.92 Å². The van der Waals surface area contributed by atoms with E-state index in [2.05, 4.69) is 16.2 Å². The molecule has 0 aliphatic heterocycles. The summed E-state index contributed by atoms with van der Waals surface area (Å²) < 4.78 is 1.57. The third kappa shape index (κ3) is 1.22. The minimum atomic E-state index is 0.372. The van der Waals surface area contributed by atoms with Crippen molar-refractivity contribution in [3.63, 3.8) is 0 Å². The van der Waals surface area contributed by atoms with Crippen LogP contribution in [0.15, 0.2) is 12.3 Å². The fraction of sp³-hybridized carbons (Fsp3) is 0.222. The minimum absolute atomic E-state index is 0.372. The number of aromatic nitrogens is 3. The van der Waals surface area contributed by atoms with E-state index in [1.54, 1.807) is 16.8 Å². The van der Waals surface area contributed by atoms with E-state index in [4.69, 9.17) is 16.9 Å². The van der Waals surface area contributed by atoms with Crippen molar-refractivity contribution in [2.24, 2.45) is 0 Å². The van der Waals surface area contributed by atoms with Gasteiger partial charge in [-0.3, -0.25) is 0 Å². The van der Waals surface area contributed by atoms with Crippen LogP contribution in [0, 0.1) is 11.3 Å². The number of hydrogen-bond donors (Lipinski definition) is 0. The number of nitriles is 1. The van der Waals surface area contributed by atoms with E-state index in [1.165, 1.54) is 0 Å². The van der Waals surface area contributed by atoms with Crippen LogP contribution in [-0.2, 0) is 6.42 Å². The molecular weight excluding hydrogens is 200 g/mol. The van der Waals surface area contributed by atoms with Gasteiger partial charge in [0.05, 0.1) is 5.69 Å². The number of hydrogen-bond acceptors (Lipinski definition) is 3. The smallest absolute Gasteiger partial charge is 0.174 e. The van der Waals surface area contributed by atoms with E-state index < -0.39 is 0 Å². The van der Waals surface area contributed by atoms with Crippen LogP contribution < -0.4 is 0 Å². The maximum absolute atomic E-state index is 8.94. The van der Waals surface area contributed by atoms with Gasteiger partial charge in [0.1, 0.15) is 16.8 Å². The first-order valence-electron chi connectivity index (χ1n) is 4.20. The van der Waals surface area contributed by atoms with E-state index >= 15 is 0 Å². The summed E-state index contributed by atoms with van der Waals surface area (Å²) >= 11 is 5.74. The molecule has 0 bridgehead atoms. The van der Waals surface area contributed by atoms with Crippen molar-refractivity contribution in [2.45, 2.75) is 13.3 Å². The van der Waals surface area contributed by atoms with Crippen LogP contribution >= 0.6 is 11.6 Å². The van der Waals surface area contributed by atoms with Crippen molar-refractivity contribution in [3.05, 3.63) is 28.7 Å². The van der Waals surface area contributed by atoms with Gasteiger partial charge in [0, 0.05) is 6.20 Å². The highest BCUT2D eigenvalue weighted by Gasteiger charge is 2.11. The van der Waals surface area contributed by atoms with Gasteiger partial charge in [0.2, 0.25) is 0 Å². The van der Waals surface area contributed by atoms with Crippen molar-refractivity contribution in [3.8, 4) is 6.07 Å². The average molecular weight is 207 g/mol. The van der Waals surface area contributed by atoms with Gasteiger partial charge in [-0.05, 0) is 12.5 Å². The zero-order chi connectivity index (χ0) is 10.1. The molecule has 70 valence electrons. The molecule has 14 heavy (non-hydrogen) atoms. The Hall–Kier alpha value is -1.60. The molecule has 0 amide bonds. The standard InChI is InChI=1S/C9H7ClN4/c1-2-7-6(5-11)9-12-8(10)3-4-14(9)13-7/h3-4H,2H2,1H3. The first-order valence-corrected chi connectivity index (χ1v) is 4.58. The Morgan fingerprint density at radius 1 is 1.64 bits per heavy atom. The van der Waals surface area contributed by atoms with Crippen LogP contribution in [0.5, 0.6) is 0 Å². The number of halogens is 1. The van der Waals surface area contributed by atoms with Crippen LogP contribution in [0.3, 0.4) is 0 Å². The molecule has 2 aromatic heterocycles. The van der Waals surface area contributed by atoms with Gasteiger partial charge >= 0.3 is 0 Å². The molecule has 0 atom stereocenters. The molecule has 0 radical (unpaired) electrons. The molecule has 0 unspecified atom stereocenters. The largest absolute Gasteiger partial charge is 0.221 e. The first-order chi connectivity index (χ1) is 6.76. The molecule has 0 saturated carbocycles. The van der Waals surface area contributed by atoms with Gasteiger partial charge in [-0.1, -0.05) is 18.5 Å². The van der Waals surface area contributed by atoms with Gasteiger partial charge in [0.25, 0.3) is 0 Å². The Morgan fingerprint density at radius 3 is 3.07 bits per heavy atom. The molecule has 0 N–H and O–H groups in total. The molecule has 0 aliphatic rings. The Labute approximate surface area is 85.7 Å². The molecular formula is C9H7ClN4. The first kappa shape index (κ1) is 8.97. The topological polar surface area (TPSA) is 54.0 Å². The SMILES string of the molecule is CCc1nn2ccc(Cl)nc2c1C#N. The molecule has 2 rings (SSSR count). The number of nitrogens with zero attached hydrogens (tertiary/aromatic N) is 4. The van der Waals surface area contributed by atoms with Crippen LogP contribution in [-0.4, -0.2) is 14.6 Å². The predicted molar refractivity (Wildman–Crippen MR) is 52.1 cm³/mol. The van der Waals surface area contributed by atoms with E-state index in [0.717, 1.165) is 5.69 Å². The fourth-order valence-corrected chi connectivity index (χ4v) is 1.45. The lowest BCUT2D eigenvalue weighted by Gasteiger charge is -1.91. The summed E-state index contributed by atoms with van der Waals surface area (Å²) in [6, 6.07) is 3.73. The molecule has 0 spiro atoms. The molecule has 2 heterocycles. The summed E-state index contributed by atoms with van der Waals surface area (Å²) in [5.41, 5.74) is 1.79.